The molecule has 0 aliphatic rings. The second kappa shape index (κ2) is 3.88. The van der Waals surface area contributed by atoms with Crippen molar-refractivity contribution >= 4 is 11.3 Å². The predicted octanol–water partition coefficient (Wildman–Crippen LogP) is 2.37. The molecule has 0 radical (unpaired) electrons. The summed E-state index contributed by atoms with van der Waals surface area (Å²) in [5, 5.41) is 0. The largest absolute Gasteiger partial charge is 0.330 e. The SMILES string of the molecule is CCc1ccc(C(C)CN)s1. The molecule has 0 bridgehead atoms. The van der Waals surface area contributed by atoms with Crippen molar-refractivity contribution < 1.29 is 0 Å². The summed E-state index contributed by atoms with van der Waals surface area (Å²) < 4.78 is 0. The van der Waals surface area contributed by atoms with Gasteiger partial charge >= 0.3 is 0 Å². The molecule has 0 fully saturated rings. The minimum atomic E-state index is 0.528. The van der Waals surface area contributed by atoms with Crippen molar-refractivity contribution in [3.63, 3.8) is 0 Å². The van der Waals surface area contributed by atoms with Gasteiger partial charge in [-0.1, -0.05) is 13.8 Å². The van der Waals surface area contributed by atoms with Gasteiger partial charge in [-0.15, -0.1) is 11.3 Å². The van der Waals surface area contributed by atoms with E-state index in [0.29, 0.717) is 5.92 Å². The van der Waals surface area contributed by atoms with Crippen molar-refractivity contribution in [3.05, 3.63) is 21.9 Å². The second-order valence-corrected chi connectivity index (χ2v) is 3.99. The molecular weight excluding hydrogens is 154 g/mol. The van der Waals surface area contributed by atoms with E-state index >= 15 is 0 Å². The topological polar surface area (TPSA) is 26.0 Å². The Morgan fingerprint density at radius 2 is 2.27 bits per heavy atom. The van der Waals surface area contributed by atoms with Gasteiger partial charge < -0.3 is 5.73 Å². The lowest BCUT2D eigenvalue weighted by Gasteiger charge is -2.02. The molecule has 62 valence electrons. The van der Waals surface area contributed by atoms with Crippen LogP contribution in [-0.2, 0) is 6.42 Å². The van der Waals surface area contributed by atoms with E-state index in [4.69, 9.17) is 5.73 Å². The van der Waals surface area contributed by atoms with Crippen molar-refractivity contribution in [1.82, 2.24) is 0 Å². The van der Waals surface area contributed by atoms with Gasteiger partial charge in [-0.2, -0.15) is 0 Å². The highest BCUT2D eigenvalue weighted by molar-refractivity contribution is 7.12. The summed E-state index contributed by atoms with van der Waals surface area (Å²) in [6.45, 7) is 5.11. The van der Waals surface area contributed by atoms with Crippen molar-refractivity contribution in [2.24, 2.45) is 5.73 Å². The molecule has 0 saturated carbocycles. The maximum atomic E-state index is 5.56. The third-order valence-corrected chi connectivity index (χ3v) is 3.33. The number of hydrogen-bond donors (Lipinski definition) is 1. The summed E-state index contributed by atoms with van der Waals surface area (Å²) in [5.41, 5.74) is 5.56. The van der Waals surface area contributed by atoms with Gasteiger partial charge in [-0.25, -0.2) is 0 Å². The van der Waals surface area contributed by atoms with E-state index in [1.165, 1.54) is 9.75 Å². The van der Waals surface area contributed by atoms with E-state index in [1.54, 1.807) is 0 Å². The Hall–Kier alpha value is -0.340. The zero-order valence-corrected chi connectivity index (χ0v) is 7.95. The first-order valence-electron chi connectivity index (χ1n) is 4.06. The summed E-state index contributed by atoms with van der Waals surface area (Å²) in [6.07, 6.45) is 1.14. The summed E-state index contributed by atoms with van der Waals surface area (Å²) >= 11 is 1.89. The van der Waals surface area contributed by atoms with Crippen LogP contribution in [0.4, 0.5) is 0 Å². The highest BCUT2D eigenvalue weighted by Crippen LogP contribution is 2.23. The molecule has 1 nitrogen and oxygen atoms in total. The van der Waals surface area contributed by atoms with Crippen molar-refractivity contribution in [3.8, 4) is 0 Å². The fourth-order valence-electron chi connectivity index (χ4n) is 0.966. The fourth-order valence-corrected chi connectivity index (χ4v) is 1.98. The molecule has 1 rings (SSSR count). The van der Waals surface area contributed by atoms with Crippen LogP contribution < -0.4 is 5.73 Å². The number of hydrogen-bond acceptors (Lipinski definition) is 2. The molecule has 0 aromatic carbocycles. The maximum absolute atomic E-state index is 5.56. The lowest BCUT2D eigenvalue weighted by molar-refractivity contribution is 0.790. The molecule has 11 heavy (non-hydrogen) atoms. The molecule has 1 aromatic heterocycles. The average molecular weight is 169 g/mol. The lowest BCUT2D eigenvalue weighted by Crippen LogP contribution is -2.06. The van der Waals surface area contributed by atoms with Gasteiger partial charge in [0.15, 0.2) is 0 Å². The minimum absolute atomic E-state index is 0.528. The second-order valence-electron chi connectivity index (χ2n) is 2.79. The van der Waals surface area contributed by atoms with E-state index < -0.39 is 0 Å². The first-order chi connectivity index (χ1) is 5.27. The van der Waals surface area contributed by atoms with Crippen LogP contribution in [0, 0.1) is 0 Å². The van der Waals surface area contributed by atoms with Gasteiger partial charge in [0.25, 0.3) is 0 Å². The zero-order valence-electron chi connectivity index (χ0n) is 7.13. The first-order valence-corrected chi connectivity index (χ1v) is 4.88. The van der Waals surface area contributed by atoms with E-state index in [2.05, 4.69) is 26.0 Å². The maximum Gasteiger partial charge on any atom is 0.00889 e. The molecule has 0 amide bonds. The van der Waals surface area contributed by atoms with Crippen LogP contribution in [0.1, 0.15) is 29.5 Å². The molecule has 1 atom stereocenters. The molecule has 2 heteroatoms. The van der Waals surface area contributed by atoms with E-state index in [1.807, 2.05) is 11.3 Å². The Bertz CT molecular complexity index is 217. The Morgan fingerprint density at radius 1 is 1.55 bits per heavy atom. The Kier molecular flexibility index (Phi) is 3.09. The normalized spacial score (nSPS) is 13.4. The standard InChI is InChI=1S/C9H15NS/c1-3-8-4-5-9(11-8)7(2)6-10/h4-5,7H,3,6,10H2,1-2H3. The minimum Gasteiger partial charge on any atom is -0.330 e. The van der Waals surface area contributed by atoms with Gasteiger partial charge in [0.05, 0.1) is 0 Å². The summed E-state index contributed by atoms with van der Waals surface area (Å²) in [5.74, 6) is 0.528. The van der Waals surface area contributed by atoms with Crippen LogP contribution in [0.2, 0.25) is 0 Å². The summed E-state index contributed by atoms with van der Waals surface area (Å²) in [4.78, 5) is 2.88. The smallest absolute Gasteiger partial charge is 0.00889 e. The molecule has 1 heterocycles. The molecule has 0 spiro atoms. The summed E-state index contributed by atoms with van der Waals surface area (Å²) in [6, 6.07) is 4.40. The van der Waals surface area contributed by atoms with Crippen molar-refractivity contribution in [2.45, 2.75) is 26.2 Å². The molecule has 0 aliphatic carbocycles. The van der Waals surface area contributed by atoms with Crippen LogP contribution in [0.3, 0.4) is 0 Å². The monoisotopic (exact) mass is 169 g/mol. The Labute approximate surface area is 72.2 Å². The van der Waals surface area contributed by atoms with Gasteiger partial charge in [0.1, 0.15) is 0 Å². The van der Waals surface area contributed by atoms with E-state index in [9.17, 15) is 0 Å². The third-order valence-electron chi connectivity index (χ3n) is 1.87. The fraction of sp³-hybridized carbons (Fsp3) is 0.556. The highest BCUT2D eigenvalue weighted by atomic mass is 32.1. The number of nitrogens with two attached hydrogens (primary N) is 1. The molecule has 0 saturated heterocycles. The molecular formula is C9H15NS. The van der Waals surface area contributed by atoms with Gasteiger partial charge in [0.2, 0.25) is 0 Å². The third kappa shape index (κ3) is 2.04. The molecule has 1 aromatic rings. The van der Waals surface area contributed by atoms with Crippen LogP contribution in [0.25, 0.3) is 0 Å². The molecule has 1 unspecified atom stereocenters. The van der Waals surface area contributed by atoms with Gasteiger partial charge in [-0.3, -0.25) is 0 Å². The molecule has 2 N–H and O–H groups in total. The number of thiophene rings is 1. The van der Waals surface area contributed by atoms with Gasteiger partial charge in [0, 0.05) is 15.7 Å². The van der Waals surface area contributed by atoms with E-state index in [0.717, 1.165) is 13.0 Å². The van der Waals surface area contributed by atoms with Crippen molar-refractivity contribution in [2.75, 3.05) is 6.54 Å². The first kappa shape index (κ1) is 8.75. The predicted molar refractivity (Wildman–Crippen MR) is 51.2 cm³/mol. The van der Waals surface area contributed by atoms with Crippen LogP contribution in [0.5, 0.6) is 0 Å². The van der Waals surface area contributed by atoms with Crippen LogP contribution in [0.15, 0.2) is 12.1 Å². The van der Waals surface area contributed by atoms with Crippen molar-refractivity contribution in [1.29, 1.82) is 0 Å². The molecule has 0 aliphatic heterocycles. The zero-order chi connectivity index (χ0) is 8.27. The van der Waals surface area contributed by atoms with E-state index in [-0.39, 0.29) is 0 Å². The quantitative estimate of drug-likeness (QED) is 0.738. The van der Waals surface area contributed by atoms with Crippen LogP contribution in [-0.4, -0.2) is 6.54 Å². The number of aryl methyl sites for hydroxylation is 1. The Morgan fingerprint density at radius 3 is 2.73 bits per heavy atom. The lowest BCUT2D eigenvalue weighted by atomic mass is 10.1. The Balaban J connectivity index is 2.71. The highest BCUT2D eigenvalue weighted by Gasteiger charge is 2.04. The summed E-state index contributed by atoms with van der Waals surface area (Å²) in [7, 11) is 0. The van der Waals surface area contributed by atoms with Gasteiger partial charge in [-0.05, 0) is 25.1 Å². The average Bonchev–Trinajstić information content (AvgIpc) is 2.50. The number of rotatable bonds is 3. The van der Waals surface area contributed by atoms with Crippen LogP contribution >= 0.6 is 11.3 Å².